The summed E-state index contributed by atoms with van der Waals surface area (Å²) < 4.78 is 10.8. The fourth-order valence-electron chi connectivity index (χ4n) is 4.41. The van der Waals surface area contributed by atoms with Gasteiger partial charge in [-0.3, -0.25) is 9.59 Å². The van der Waals surface area contributed by atoms with E-state index in [-0.39, 0.29) is 30.7 Å². The molecule has 3 heterocycles. The first-order valence-electron chi connectivity index (χ1n) is 11.4. The van der Waals surface area contributed by atoms with Crippen LogP contribution in [0, 0.1) is 19.8 Å². The molecular formula is C25H30N4O5. The number of aryl methyl sites for hydroxylation is 2. The van der Waals surface area contributed by atoms with Gasteiger partial charge in [-0.25, -0.2) is 4.98 Å². The smallest absolute Gasteiger partial charge is 0.243 e. The minimum Gasteiger partial charge on any atom is -0.443 e. The van der Waals surface area contributed by atoms with E-state index in [2.05, 4.69) is 15.5 Å². The lowest BCUT2D eigenvalue weighted by Crippen LogP contribution is -2.48. The van der Waals surface area contributed by atoms with Gasteiger partial charge in [-0.05, 0) is 25.3 Å². The molecule has 1 unspecified atom stereocenters. The van der Waals surface area contributed by atoms with E-state index in [1.165, 1.54) is 11.3 Å². The molecule has 4 rings (SSSR count). The molecular weight excluding hydrogens is 436 g/mol. The molecule has 9 heteroatoms. The van der Waals surface area contributed by atoms with Crippen molar-refractivity contribution in [2.45, 2.75) is 58.7 Å². The molecule has 0 saturated carbocycles. The first-order chi connectivity index (χ1) is 16.2. The highest BCUT2D eigenvalue weighted by atomic mass is 16.5. The lowest BCUT2D eigenvalue weighted by Gasteiger charge is -2.28. The maximum atomic E-state index is 13.4. The van der Waals surface area contributed by atoms with E-state index < -0.39 is 18.1 Å². The molecule has 1 fully saturated rings. The van der Waals surface area contributed by atoms with Gasteiger partial charge in [0, 0.05) is 31.1 Å². The van der Waals surface area contributed by atoms with Crippen molar-refractivity contribution in [2.75, 3.05) is 6.54 Å². The number of aliphatic hydroxyl groups is 1. The summed E-state index contributed by atoms with van der Waals surface area (Å²) in [5, 5.41) is 17.1. The number of nitrogens with one attached hydrogen (secondary N) is 1. The fourth-order valence-corrected chi connectivity index (χ4v) is 4.41. The minimum atomic E-state index is -0.756. The second-order valence-electron chi connectivity index (χ2n) is 9.17. The second-order valence-corrected chi connectivity index (χ2v) is 9.17. The molecule has 1 aromatic carbocycles. The average Bonchev–Trinajstić information content (AvgIpc) is 3.52. The summed E-state index contributed by atoms with van der Waals surface area (Å²) in [4.78, 5) is 32.1. The van der Waals surface area contributed by atoms with Gasteiger partial charge in [0.15, 0.2) is 12.2 Å². The third kappa shape index (κ3) is 4.89. The molecule has 0 spiro atoms. The number of β-amino-alcohol motifs (C(OH)–C–C–N with tert-alkyl or cyclic N) is 1. The zero-order chi connectivity index (χ0) is 24.4. The lowest BCUT2D eigenvalue weighted by atomic mass is 9.91. The summed E-state index contributed by atoms with van der Waals surface area (Å²) in [5.74, 6) is 0.0131. The summed E-state index contributed by atoms with van der Waals surface area (Å²) in [5.41, 5.74) is 3.31. The van der Waals surface area contributed by atoms with Crippen molar-refractivity contribution in [3.63, 3.8) is 0 Å². The van der Waals surface area contributed by atoms with Crippen LogP contribution in [0.2, 0.25) is 0 Å². The van der Waals surface area contributed by atoms with Crippen molar-refractivity contribution in [3.8, 4) is 11.3 Å². The number of carbonyl (C=O) groups excluding carboxylic acids is 2. The Morgan fingerprint density at radius 3 is 2.56 bits per heavy atom. The van der Waals surface area contributed by atoms with Crippen molar-refractivity contribution < 1.29 is 23.6 Å². The van der Waals surface area contributed by atoms with Gasteiger partial charge in [0.25, 0.3) is 0 Å². The molecule has 34 heavy (non-hydrogen) atoms. The molecule has 2 amide bonds. The summed E-state index contributed by atoms with van der Waals surface area (Å²) >= 11 is 0. The van der Waals surface area contributed by atoms with Gasteiger partial charge in [-0.15, -0.1) is 0 Å². The number of likely N-dealkylation sites (tertiary alicyclic amines) is 1. The van der Waals surface area contributed by atoms with Crippen LogP contribution >= 0.6 is 0 Å². The van der Waals surface area contributed by atoms with Crippen LogP contribution in [0.4, 0.5) is 0 Å². The van der Waals surface area contributed by atoms with Gasteiger partial charge in [-0.2, -0.15) is 0 Å². The number of carbonyl (C=O) groups is 2. The second kappa shape index (κ2) is 9.80. The average molecular weight is 467 g/mol. The van der Waals surface area contributed by atoms with Gasteiger partial charge < -0.3 is 24.3 Å². The van der Waals surface area contributed by atoms with Gasteiger partial charge >= 0.3 is 0 Å². The van der Waals surface area contributed by atoms with E-state index in [4.69, 9.17) is 8.94 Å². The molecule has 2 N–H and O–H groups in total. The van der Waals surface area contributed by atoms with Crippen LogP contribution in [-0.2, 0) is 16.1 Å². The minimum absolute atomic E-state index is 0.0622. The van der Waals surface area contributed by atoms with Crippen LogP contribution in [0.1, 0.15) is 48.9 Å². The van der Waals surface area contributed by atoms with Crippen molar-refractivity contribution in [1.29, 1.82) is 0 Å². The van der Waals surface area contributed by atoms with Gasteiger partial charge in [0.1, 0.15) is 17.7 Å². The number of aromatic nitrogens is 2. The normalized spacial score (nSPS) is 18.9. The Hall–Kier alpha value is -3.46. The number of rotatable bonds is 7. The third-order valence-electron chi connectivity index (χ3n) is 6.18. The molecule has 0 bridgehead atoms. The molecule has 3 aromatic rings. The highest BCUT2D eigenvalue weighted by Gasteiger charge is 2.43. The SMILES string of the molecule is Cc1cc(C(C(=O)N2C[C@H](O)C[C@H]2C(=O)NCc2ccc(-c3ocnc3C)cc2)C(C)C)on1. The Bertz CT molecular complexity index is 1150. The van der Waals surface area contributed by atoms with Gasteiger partial charge in [0.2, 0.25) is 11.8 Å². The van der Waals surface area contributed by atoms with E-state index in [9.17, 15) is 14.7 Å². The van der Waals surface area contributed by atoms with Crippen molar-refractivity contribution in [1.82, 2.24) is 20.4 Å². The Balaban J connectivity index is 1.43. The molecule has 180 valence electrons. The number of amides is 2. The van der Waals surface area contributed by atoms with Crippen LogP contribution in [0.25, 0.3) is 11.3 Å². The van der Waals surface area contributed by atoms with Crippen LogP contribution in [0.15, 0.2) is 45.7 Å². The predicted molar refractivity (Wildman–Crippen MR) is 123 cm³/mol. The topological polar surface area (TPSA) is 122 Å². The molecule has 1 aliphatic heterocycles. The number of oxazole rings is 1. The van der Waals surface area contributed by atoms with Crippen LogP contribution in [0.5, 0.6) is 0 Å². The van der Waals surface area contributed by atoms with Crippen molar-refractivity contribution >= 4 is 11.8 Å². The zero-order valence-electron chi connectivity index (χ0n) is 19.8. The maximum absolute atomic E-state index is 13.4. The molecule has 3 atom stereocenters. The van der Waals surface area contributed by atoms with E-state index in [1.807, 2.05) is 45.0 Å². The summed E-state index contributed by atoms with van der Waals surface area (Å²) in [6, 6.07) is 8.64. The Morgan fingerprint density at radius 1 is 1.24 bits per heavy atom. The first-order valence-corrected chi connectivity index (χ1v) is 11.4. The molecule has 9 nitrogen and oxygen atoms in total. The van der Waals surface area contributed by atoms with E-state index in [0.717, 1.165) is 16.8 Å². The van der Waals surface area contributed by atoms with Crippen LogP contribution < -0.4 is 5.32 Å². The number of hydrogen-bond acceptors (Lipinski definition) is 7. The molecule has 2 aromatic heterocycles. The maximum Gasteiger partial charge on any atom is 0.243 e. The van der Waals surface area contributed by atoms with Crippen LogP contribution in [-0.4, -0.2) is 50.7 Å². The monoisotopic (exact) mass is 466 g/mol. The highest BCUT2D eigenvalue weighted by molar-refractivity contribution is 5.91. The fraction of sp³-hybridized carbons (Fsp3) is 0.440. The first kappa shape index (κ1) is 23.7. The highest BCUT2D eigenvalue weighted by Crippen LogP contribution is 2.31. The molecule has 0 aliphatic carbocycles. The number of aliphatic hydroxyl groups excluding tert-OH is 1. The number of benzene rings is 1. The van der Waals surface area contributed by atoms with E-state index in [1.54, 1.807) is 13.0 Å². The van der Waals surface area contributed by atoms with Gasteiger partial charge in [0.05, 0.1) is 17.5 Å². The lowest BCUT2D eigenvalue weighted by molar-refractivity contribution is -0.141. The number of nitrogens with zero attached hydrogens (tertiary/aromatic N) is 3. The Labute approximate surface area is 198 Å². The predicted octanol–water partition coefficient (Wildman–Crippen LogP) is 2.96. The largest absolute Gasteiger partial charge is 0.443 e. The van der Waals surface area contributed by atoms with E-state index >= 15 is 0 Å². The third-order valence-corrected chi connectivity index (χ3v) is 6.18. The summed E-state index contributed by atoms with van der Waals surface area (Å²) in [6.45, 7) is 7.93. The van der Waals surface area contributed by atoms with Crippen molar-refractivity contribution in [3.05, 3.63) is 59.4 Å². The summed E-state index contributed by atoms with van der Waals surface area (Å²) in [6.07, 6.45) is 0.852. The standard InChI is InChI=1S/C25H30N4O5/c1-14(2)22(21-9-15(3)28-34-21)25(32)29-12-19(30)10-20(29)24(31)26-11-17-5-7-18(8-6-17)23-16(4)27-13-33-23/h5-9,13-14,19-20,22,30H,10-12H2,1-4H3,(H,26,31)/t19-,20+,22?/m1/s1. The van der Waals surface area contributed by atoms with Crippen molar-refractivity contribution in [2.24, 2.45) is 5.92 Å². The zero-order valence-corrected chi connectivity index (χ0v) is 19.8. The molecule has 0 radical (unpaired) electrons. The molecule has 1 aliphatic rings. The van der Waals surface area contributed by atoms with E-state index in [0.29, 0.717) is 23.8 Å². The summed E-state index contributed by atoms with van der Waals surface area (Å²) in [7, 11) is 0. The number of hydrogen-bond donors (Lipinski definition) is 2. The Kier molecular flexibility index (Phi) is 6.83. The Morgan fingerprint density at radius 2 is 1.97 bits per heavy atom. The van der Waals surface area contributed by atoms with Gasteiger partial charge in [-0.1, -0.05) is 43.3 Å². The van der Waals surface area contributed by atoms with Crippen LogP contribution in [0.3, 0.4) is 0 Å². The quantitative estimate of drug-likeness (QED) is 0.549. The molecule has 1 saturated heterocycles.